The van der Waals surface area contributed by atoms with Crippen molar-refractivity contribution in [3.05, 3.63) is 0 Å². The summed E-state index contributed by atoms with van der Waals surface area (Å²) in [6.45, 7) is 5.51. The number of nitrogens with zero attached hydrogens (tertiary/aromatic N) is 2. The van der Waals surface area contributed by atoms with Crippen molar-refractivity contribution in [3.63, 3.8) is 0 Å². The van der Waals surface area contributed by atoms with E-state index in [2.05, 4.69) is 4.90 Å². The molecule has 3 aliphatic rings. The summed E-state index contributed by atoms with van der Waals surface area (Å²) in [6.07, 6.45) is 7.93. The topological polar surface area (TPSA) is 58.8 Å². The van der Waals surface area contributed by atoms with Crippen molar-refractivity contribution < 1.29 is 9.53 Å². The van der Waals surface area contributed by atoms with E-state index in [4.69, 9.17) is 10.5 Å². The molecule has 2 N–H and O–H groups in total. The molecule has 3 fully saturated rings. The van der Waals surface area contributed by atoms with Gasteiger partial charge >= 0.3 is 0 Å². The molecule has 120 valence electrons. The van der Waals surface area contributed by atoms with Crippen molar-refractivity contribution in [3.8, 4) is 0 Å². The number of piperazine rings is 1. The van der Waals surface area contributed by atoms with Crippen LogP contribution >= 0.6 is 0 Å². The smallest absolute Gasteiger partial charge is 0.242 e. The van der Waals surface area contributed by atoms with Crippen LogP contribution in [0, 0.1) is 0 Å². The Morgan fingerprint density at radius 2 is 1.81 bits per heavy atom. The molecule has 1 aliphatic carbocycles. The van der Waals surface area contributed by atoms with Gasteiger partial charge in [0.25, 0.3) is 0 Å². The maximum Gasteiger partial charge on any atom is 0.242 e. The Bertz CT molecular complexity index is 355. The van der Waals surface area contributed by atoms with Gasteiger partial charge in [-0.05, 0) is 25.7 Å². The summed E-state index contributed by atoms with van der Waals surface area (Å²) in [5, 5.41) is 0. The van der Waals surface area contributed by atoms with Gasteiger partial charge in [-0.3, -0.25) is 9.69 Å². The molecule has 0 bridgehead atoms. The molecule has 2 saturated heterocycles. The van der Waals surface area contributed by atoms with Crippen molar-refractivity contribution in [2.24, 2.45) is 5.73 Å². The molecule has 21 heavy (non-hydrogen) atoms. The number of nitrogens with two attached hydrogens (primary N) is 1. The van der Waals surface area contributed by atoms with E-state index in [1.54, 1.807) is 0 Å². The zero-order chi connectivity index (χ0) is 14.7. The van der Waals surface area contributed by atoms with E-state index < -0.39 is 5.54 Å². The molecule has 0 radical (unpaired) electrons. The number of carbonyl (C=O) groups excluding carboxylic acids is 1. The predicted molar refractivity (Wildman–Crippen MR) is 82.0 cm³/mol. The molecule has 2 aliphatic heterocycles. The number of rotatable bonds is 3. The molecule has 0 aromatic heterocycles. The summed E-state index contributed by atoms with van der Waals surface area (Å²) in [4.78, 5) is 17.1. The van der Waals surface area contributed by atoms with E-state index in [0.717, 1.165) is 65.0 Å². The lowest BCUT2D eigenvalue weighted by molar-refractivity contribution is -0.140. The van der Waals surface area contributed by atoms with E-state index in [9.17, 15) is 4.79 Å². The third-order valence-corrected chi connectivity index (χ3v) is 5.32. The highest BCUT2D eigenvalue weighted by Gasteiger charge is 2.39. The molecule has 1 atom stereocenters. The molecular formula is C16H29N3O2. The number of carbonyl (C=O) groups is 1. The minimum absolute atomic E-state index is 0.193. The van der Waals surface area contributed by atoms with Crippen molar-refractivity contribution >= 4 is 5.91 Å². The zero-order valence-corrected chi connectivity index (χ0v) is 13.1. The normalized spacial score (nSPS) is 30.5. The lowest BCUT2D eigenvalue weighted by Gasteiger charge is -2.41. The first-order chi connectivity index (χ1) is 10.2. The molecule has 1 amide bonds. The summed E-state index contributed by atoms with van der Waals surface area (Å²) < 4.78 is 5.70. The number of hydrogen-bond acceptors (Lipinski definition) is 4. The Kier molecular flexibility index (Phi) is 4.82. The number of hydrogen-bond donors (Lipinski definition) is 1. The predicted octanol–water partition coefficient (Wildman–Crippen LogP) is 0.971. The second kappa shape index (κ2) is 6.63. The van der Waals surface area contributed by atoms with Gasteiger partial charge in [-0.25, -0.2) is 0 Å². The lowest BCUT2D eigenvalue weighted by atomic mass is 9.81. The Morgan fingerprint density at radius 3 is 2.43 bits per heavy atom. The fourth-order valence-corrected chi connectivity index (χ4v) is 3.92. The van der Waals surface area contributed by atoms with E-state index in [-0.39, 0.29) is 5.91 Å². The van der Waals surface area contributed by atoms with Gasteiger partial charge in [-0.2, -0.15) is 0 Å². The van der Waals surface area contributed by atoms with Gasteiger partial charge in [0.2, 0.25) is 5.91 Å². The van der Waals surface area contributed by atoms with Gasteiger partial charge in [0.15, 0.2) is 0 Å². The van der Waals surface area contributed by atoms with Crippen LogP contribution in [0.5, 0.6) is 0 Å². The average Bonchev–Trinajstić information content (AvgIpc) is 3.01. The van der Waals surface area contributed by atoms with Crippen LogP contribution in [0.4, 0.5) is 0 Å². The largest absolute Gasteiger partial charge is 0.377 e. The van der Waals surface area contributed by atoms with Gasteiger partial charge in [0, 0.05) is 39.3 Å². The number of ether oxygens (including phenoxy) is 1. The Hall–Kier alpha value is -0.650. The molecule has 2 heterocycles. The second-order valence-corrected chi connectivity index (χ2v) is 6.94. The lowest BCUT2D eigenvalue weighted by Crippen LogP contribution is -2.60. The first-order valence-corrected chi connectivity index (χ1v) is 8.60. The van der Waals surface area contributed by atoms with Crippen molar-refractivity contribution in [2.75, 3.05) is 39.3 Å². The van der Waals surface area contributed by atoms with Crippen molar-refractivity contribution in [1.29, 1.82) is 0 Å². The molecule has 1 unspecified atom stereocenters. The molecule has 0 aromatic carbocycles. The maximum absolute atomic E-state index is 12.7. The van der Waals surface area contributed by atoms with Gasteiger partial charge in [0.1, 0.15) is 0 Å². The van der Waals surface area contributed by atoms with Crippen molar-refractivity contribution in [2.45, 2.75) is 56.6 Å². The first-order valence-electron chi connectivity index (χ1n) is 8.60. The first kappa shape index (κ1) is 15.3. The highest BCUT2D eigenvalue weighted by molar-refractivity contribution is 5.86. The summed E-state index contributed by atoms with van der Waals surface area (Å²) in [7, 11) is 0. The molecule has 0 spiro atoms. The van der Waals surface area contributed by atoms with E-state index in [0.29, 0.717) is 6.10 Å². The van der Waals surface area contributed by atoms with E-state index in [1.807, 2.05) is 4.90 Å². The Morgan fingerprint density at radius 1 is 1.10 bits per heavy atom. The molecule has 1 saturated carbocycles. The van der Waals surface area contributed by atoms with Gasteiger partial charge in [0.05, 0.1) is 11.6 Å². The Balaban J connectivity index is 1.47. The molecular weight excluding hydrogens is 266 g/mol. The highest BCUT2D eigenvalue weighted by Crippen LogP contribution is 2.28. The van der Waals surface area contributed by atoms with E-state index >= 15 is 0 Å². The van der Waals surface area contributed by atoms with Gasteiger partial charge in [-0.1, -0.05) is 19.3 Å². The zero-order valence-electron chi connectivity index (χ0n) is 13.1. The average molecular weight is 295 g/mol. The summed E-state index contributed by atoms with van der Waals surface area (Å²) in [6, 6.07) is 0. The molecule has 5 heteroatoms. The van der Waals surface area contributed by atoms with Crippen LogP contribution in [-0.2, 0) is 9.53 Å². The van der Waals surface area contributed by atoms with Crippen LogP contribution in [0.3, 0.4) is 0 Å². The maximum atomic E-state index is 12.7. The highest BCUT2D eigenvalue weighted by atomic mass is 16.5. The summed E-state index contributed by atoms with van der Waals surface area (Å²) >= 11 is 0. The van der Waals surface area contributed by atoms with Gasteiger partial charge < -0.3 is 15.4 Å². The molecule has 5 nitrogen and oxygen atoms in total. The van der Waals surface area contributed by atoms with E-state index in [1.165, 1.54) is 19.3 Å². The second-order valence-electron chi connectivity index (χ2n) is 6.94. The fourth-order valence-electron chi connectivity index (χ4n) is 3.92. The minimum atomic E-state index is -0.574. The summed E-state index contributed by atoms with van der Waals surface area (Å²) in [5.41, 5.74) is 5.80. The van der Waals surface area contributed by atoms with Crippen LogP contribution in [0.15, 0.2) is 0 Å². The third kappa shape index (κ3) is 3.58. The minimum Gasteiger partial charge on any atom is -0.377 e. The summed E-state index contributed by atoms with van der Waals surface area (Å²) in [5.74, 6) is 0.193. The third-order valence-electron chi connectivity index (χ3n) is 5.32. The fraction of sp³-hybridized carbons (Fsp3) is 0.938. The van der Waals surface area contributed by atoms with Crippen LogP contribution < -0.4 is 5.73 Å². The van der Waals surface area contributed by atoms with Crippen LogP contribution in [-0.4, -0.2) is 66.7 Å². The standard InChI is InChI=1S/C16H29N3O2/c17-16(6-2-1-3-7-16)15(20)19-10-8-18(9-11-19)13-14-5-4-12-21-14/h14H,1-13,17H2. The monoisotopic (exact) mass is 295 g/mol. The van der Waals surface area contributed by atoms with Crippen LogP contribution in [0.25, 0.3) is 0 Å². The molecule has 3 rings (SSSR count). The number of amides is 1. The van der Waals surface area contributed by atoms with Crippen molar-refractivity contribution in [1.82, 2.24) is 9.80 Å². The van der Waals surface area contributed by atoms with Gasteiger partial charge in [-0.15, -0.1) is 0 Å². The Labute approximate surface area is 127 Å². The van der Waals surface area contributed by atoms with Crippen LogP contribution in [0.1, 0.15) is 44.9 Å². The quantitative estimate of drug-likeness (QED) is 0.843. The van der Waals surface area contributed by atoms with Crippen LogP contribution in [0.2, 0.25) is 0 Å². The SMILES string of the molecule is NC1(C(=O)N2CCN(CC3CCCO3)CC2)CCCCC1. The molecule has 0 aromatic rings.